The van der Waals surface area contributed by atoms with Gasteiger partial charge in [0.05, 0.1) is 5.69 Å². The Bertz CT molecular complexity index is 741. The number of nitrogens with zero attached hydrogens (tertiary/aromatic N) is 2. The van der Waals surface area contributed by atoms with Crippen LogP contribution in [0.25, 0.3) is 0 Å². The maximum atomic E-state index is 12.7. The van der Waals surface area contributed by atoms with Crippen molar-refractivity contribution in [3.05, 3.63) is 53.9 Å². The van der Waals surface area contributed by atoms with Crippen molar-refractivity contribution in [3.8, 4) is 0 Å². The van der Waals surface area contributed by atoms with Crippen LogP contribution in [-0.4, -0.2) is 34.9 Å². The normalized spacial score (nSPS) is 23.7. The Hall–Kier alpha value is -2.18. The zero-order valence-electron chi connectivity index (χ0n) is 15.1. The summed E-state index contributed by atoms with van der Waals surface area (Å²) in [5, 5.41) is 10.9. The van der Waals surface area contributed by atoms with Gasteiger partial charge in [0, 0.05) is 38.4 Å². The maximum absolute atomic E-state index is 12.7. The van der Waals surface area contributed by atoms with E-state index >= 15 is 0 Å². The largest absolute Gasteiger partial charge is 0.372 e. The monoisotopic (exact) mass is 354 g/mol. The van der Waals surface area contributed by atoms with E-state index < -0.39 is 0 Å². The molecule has 1 saturated carbocycles. The summed E-state index contributed by atoms with van der Waals surface area (Å²) in [6.45, 7) is 1.47. The lowest BCUT2D eigenvalue weighted by atomic mass is 9.97. The van der Waals surface area contributed by atoms with E-state index in [1.54, 1.807) is 6.20 Å². The van der Waals surface area contributed by atoms with E-state index in [0.29, 0.717) is 12.0 Å². The Morgan fingerprint density at radius 2 is 2.08 bits per heavy atom. The van der Waals surface area contributed by atoms with E-state index in [9.17, 15) is 4.79 Å². The van der Waals surface area contributed by atoms with Gasteiger partial charge in [-0.1, -0.05) is 30.3 Å². The molecule has 6 heteroatoms. The molecule has 6 nitrogen and oxygen atoms in total. The number of hydrogen-bond donors (Lipinski definition) is 2. The third-order valence-corrected chi connectivity index (χ3v) is 5.27. The predicted octanol–water partition coefficient (Wildman–Crippen LogP) is 2.11. The Kier molecular flexibility index (Phi) is 5.04. The van der Waals surface area contributed by atoms with Gasteiger partial charge in [0.15, 0.2) is 0 Å². The molecule has 138 valence electrons. The maximum Gasteiger partial charge on any atom is 0.241 e. The average molecular weight is 354 g/mol. The molecule has 26 heavy (non-hydrogen) atoms. The highest BCUT2D eigenvalue weighted by Gasteiger charge is 2.33. The molecule has 1 aliphatic heterocycles. The van der Waals surface area contributed by atoms with Crippen molar-refractivity contribution in [2.75, 3.05) is 13.2 Å². The molecule has 0 spiro atoms. The second-order valence-electron chi connectivity index (χ2n) is 7.25. The summed E-state index contributed by atoms with van der Waals surface area (Å²) in [5.74, 6) is 0.389. The lowest BCUT2D eigenvalue weighted by Crippen LogP contribution is -2.40. The first-order chi connectivity index (χ1) is 12.7. The number of hydrogen-bond acceptors (Lipinski definition) is 4. The van der Waals surface area contributed by atoms with Crippen LogP contribution < -0.4 is 10.6 Å². The summed E-state index contributed by atoms with van der Waals surface area (Å²) in [5.41, 5.74) is 2.09. The van der Waals surface area contributed by atoms with Gasteiger partial charge < -0.3 is 15.4 Å². The van der Waals surface area contributed by atoms with E-state index in [1.165, 1.54) is 0 Å². The number of carbonyl (C=O) groups is 1. The Morgan fingerprint density at radius 1 is 1.27 bits per heavy atom. The molecule has 2 heterocycles. The van der Waals surface area contributed by atoms with Crippen molar-refractivity contribution in [1.29, 1.82) is 0 Å². The second kappa shape index (κ2) is 7.60. The van der Waals surface area contributed by atoms with Gasteiger partial charge in [0.1, 0.15) is 12.1 Å². The van der Waals surface area contributed by atoms with Crippen LogP contribution in [-0.2, 0) is 16.6 Å². The molecule has 1 saturated heterocycles. The lowest BCUT2D eigenvalue weighted by molar-refractivity contribution is -0.123. The topological polar surface area (TPSA) is 68.2 Å². The first-order valence-corrected chi connectivity index (χ1v) is 9.40. The van der Waals surface area contributed by atoms with Crippen molar-refractivity contribution in [2.45, 2.75) is 37.5 Å². The van der Waals surface area contributed by atoms with Gasteiger partial charge in [0.2, 0.25) is 5.91 Å². The van der Waals surface area contributed by atoms with E-state index in [4.69, 9.17) is 4.74 Å². The molecular formula is C20H26N4O2. The SMILES string of the molecule is Cn1nccc1[C@@H]1OCC[C@H]1CN[C@@H](C(=O)NC1CC1)c1ccccc1. The number of rotatable bonds is 7. The highest BCUT2D eigenvalue weighted by molar-refractivity contribution is 5.83. The Labute approximate surface area is 153 Å². The smallest absolute Gasteiger partial charge is 0.241 e. The zero-order chi connectivity index (χ0) is 17.9. The van der Waals surface area contributed by atoms with Crippen molar-refractivity contribution >= 4 is 5.91 Å². The van der Waals surface area contributed by atoms with Crippen molar-refractivity contribution in [3.63, 3.8) is 0 Å². The number of amides is 1. The first kappa shape index (κ1) is 17.2. The fourth-order valence-corrected chi connectivity index (χ4v) is 3.62. The van der Waals surface area contributed by atoms with Crippen molar-refractivity contribution < 1.29 is 9.53 Å². The number of nitrogens with one attached hydrogen (secondary N) is 2. The standard InChI is InChI=1S/C20H26N4O2/c1-24-17(9-11-22-24)19-15(10-12-26-19)13-21-18(14-5-3-2-4-6-14)20(25)23-16-7-8-16/h2-6,9,11,15-16,18-19,21H,7-8,10,12-13H2,1H3,(H,23,25)/t15-,18+,19+/m0/s1. The minimum atomic E-state index is -0.329. The number of carbonyl (C=O) groups excluding carboxylic acids is 1. The molecule has 4 rings (SSSR count). The molecule has 1 aromatic carbocycles. The van der Waals surface area contributed by atoms with Crippen LogP contribution >= 0.6 is 0 Å². The molecule has 0 unspecified atom stereocenters. The van der Waals surface area contributed by atoms with Crippen LogP contribution in [0.4, 0.5) is 0 Å². The molecule has 2 aromatic rings. The minimum Gasteiger partial charge on any atom is -0.372 e. The molecule has 0 bridgehead atoms. The molecule has 1 amide bonds. The molecule has 2 N–H and O–H groups in total. The third-order valence-electron chi connectivity index (χ3n) is 5.27. The molecule has 1 aromatic heterocycles. The quantitative estimate of drug-likeness (QED) is 0.799. The summed E-state index contributed by atoms with van der Waals surface area (Å²) in [6.07, 6.45) is 4.99. The Balaban J connectivity index is 1.45. The van der Waals surface area contributed by atoms with Gasteiger partial charge in [-0.3, -0.25) is 9.48 Å². The van der Waals surface area contributed by atoms with Crippen LogP contribution in [0.2, 0.25) is 0 Å². The van der Waals surface area contributed by atoms with E-state index in [2.05, 4.69) is 15.7 Å². The summed E-state index contributed by atoms with van der Waals surface area (Å²) in [4.78, 5) is 12.7. The fourth-order valence-electron chi connectivity index (χ4n) is 3.62. The van der Waals surface area contributed by atoms with Gasteiger partial charge in [-0.2, -0.15) is 5.10 Å². The summed E-state index contributed by atoms with van der Waals surface area (Å²) in [7, 11) is 1.94. The first-order valence-electron chi connectivity index (χ1n) is 9.40. The molecule has 0 radical (unpaired) electrons. The van der Waals surface area contributed by atoms with Gasteiger partial charge in [0.25, 0.3) is 0 Å². The zero-order valence-corrected chi connectivity index (χ0v) is 15.1. The highest BCUT2D eigenvalue weighted by Crippen LogP contribution is 2.34. The second-order valence-corrected chi connectivity index (χ2v) is 7.25. The highest BCUT2D eigenvalue weighted by atomic mass is 16.5. The fraction of sp³-hybridized carbons (Fsp3) is 0.500. The van der Waals surface area contributed by atoms with Crippen molar-refractivity contribution in [2.24, 2.45) is 13.0 Å². The third kappa shape index (κ3) is 3.81. The lowest BCUT2D eigenvalue weighted by Gasteiger charge is -2.23. The number of ether oxygens (including phenoxy) is 1. The van der Waals surface area contributed by atoms with Crippen LogP contribution in [0, 0.1) is 5.92 Å². The van der Waals surface area contributed by atoms with Crippen molar-refractivity contribution in [1.82, 2.24) is 20.4 Å². The van der Waals surface area contributed by atoms with Crippen LogP contribution in [0.15, 0.2) is 42.6 Å². The summed E-state index contributed by atoms with van der Waals surface area (Å²) >= 11 is 0. The van der Waals surface area contributed by atoms with Gasteiger partial charge >= 0.3 is 0 Å². The average Bonchev–Trinajstić information content (AvgIpc) is 3.17. The molecule has 2 fully saturated rings. The summed E-state index contributed by atoms with van der Waals surface area (Å²) < 4.78 is 7.83. The molecule has 1 aliphatic carbocycles. The van der Waals surface area contributed by atoms with Crippen LogP contribution in [0.3, 0.4) is 0 Å². The number of aromatic nitrogens is 2. The van der Waals surface area contributed by atoms with E-state index in [0.717, 1.165) is 43.7 Å². The van der Waals surface area contributed by atoms with Crippen LogP contribution in [0.5, 0.6) is 0 Å². The van der Waals surface area contributed by atoms with Crippen LogP contribution in [0.1, 0.15) is 42.7 Å². The van der Waals surface area contributed by atoms with E-state index in [-0.39, 0.29) is 18.1 Å². The molecule has 2 aliphatic rings. The number of aryl methyl sites for hydroxylation is 1. The molecular weight excluding hydrogens is 328 g/mol. The molecule has 3 atom stereocenters. The predicted molar refractivity (Wildman–Crippen MR) is 98.4 cm³/mol. The van der Waals surface area contributed by atoms with Gasteiger partial charge in [-0.15, -0.1) is 0 Å². The van der Waals surface area contributed by atoms with Gasteiger partial charge in [-0.25, -0.2) is 0 Å². The Morgan fingerprint density at radius 3 is 2.77 bits per heavy atom. The minimum absolute atomic E-state index is 0.0258. The summed E-state index contributed by atoms with van der Waals surface area (Å²) in [6, 6.07) is 12.0. The van der Waals surface area contributed by atoms with E-state index in [1.807, 2.05) is 48.1 Å². The number of benzene rings is 1. The van der Waals surface area contributed by atoms with Gasteiger partial charge in [-0.05, 0) is 30.9 Å².